The number of benzene rings is 4. The van der Waals surface area contributed by atoms with Gasteiger partial charge in [-0.1, -0.05) is 49.4 Å². The van der Waals surface area contributed by atoms with E-state index in [-0.39, 0.29) is 17.2 Å². The number of amides is 1. The topological polar surface area (TPSA) is 77.0 Å². The highest BCUT2D eigenvalue weighted by atomic mass is 79.9. The average molecular weight is 549 g/mol. The summed E-state index contributed by atoms with van der Waals surface area (Å²) >= 11 is 3.57. The number of hydrogen-bond donors (Lipinski definition) is 1. The minimum atomic E-state index is -0.787. The van der Waals surface area contributed by atoms with E-state index in [2.05, 4.69) is 26.5 Å². The van der Waals surface area contributed by atoms with Crippen LogP contribution in [0.25, 0.3) is 10.8 Å². The SMILES string of the molecule is CCC(Oc1ccc2ccccc2c1Br)C(=O)N/N=C/c1ccc(OC(=O)c2ccccc2F)cc1. The molecule has 0 spiro atoms. The number of nitrogens with zero attached hydrogens (tertiary/aromatic N) is 1. The van der Waals surface area contributed by atoms with Crippen LogP contribution in [0.3, 0.4) is 0 Å². The number of hydrogen-bond acceptors (Lipinski definition) is 5. The molecule has 4 rings (SSSR count). The molecule has 6 nitrogen and oxygen atoms in total. The number of fused-ring (bicyclic) bond motifs is 1. The van der Waals surface area contributed by atoms with Crippen molar-refractivity contribution in [2.24, 2.45) is 5.10 Å². The Kier molecular flexibility index (Phi) is 8.07. The summed E-state index contributed by atoms with van der Waals surface area (Å²) in [5.41, 5.74) is 3.01. The molecule has 1 unspecified atom stereocenters. The fourth-order valence-electron chi connectivity index (χ4n) is 3.43. The van der Waals surface area contributed by atoms with Gasteiger partial charge < -0.3 is 9.47 Å². The first-order valence-corrected chi connectivity index (χ1v) is 12.0. The van der Waals surface area contributed by atoms with Crippen molar-refractivity contribution in [3.05, 3.63) is 106 Å². The van der Waals surface area contributed by atoms with Gasteiger partial charge in [0.2, 0.25) is 0 Å². The van der Waals surface area contributed by atoms with Crippen LogP contribution in [-0.2, 0) is 4.79 Å². The van der Waals surface area contributed by atoms with Gasteiger partial charge in [-0.3, -0.25) is 4.79 Å². The predicted molar refractivity (Wildman–Crippen MR) is 140 cm³/mol. The molecule has 1 amide bonds. The lowest BCUT2D eigenvalue weighted by Crippen LogP contribution is -2.35. The fraction of sp³-hybridized carbons (Fsp3) is 0.107. The van der Waals surface area contributed by atoms with Gasteiger partial charge >= 0.3 is 5.97 Å². The average Bonchev–Trinajstić information content (AvgIpc) is 2.89. The summed E-state index contributed by atoms with van der Waals surface area (Å²) < 4.78 is 25.7. The largest absolute Gasteiger partial charge is 0.479 e. The monoisotopic (exact) mass is 548 g/mol. The van der Waals surface area contributed by atoms with Gasteiger partial charge in [-0.15, -0.1) is 0 Å². The highest BCUT2D eigenvalue weighted by Crippen LogP contribution is 2.33. The van der Waals surface area contributed by atoms with E-state index in [9.17, 15) is 14.0 Å². The van der Waals surface area contributed by atoms with Crippen LogP contribution in [0.4, 0.5) is 4.39 Å². The van der Waals surface area contributed by atoms with Crippen molar-refractivity contribution in [3.63, 3.8) is 0 Å². The summed E-state index contributed by atoms with van der Waals surface area (Å²) in [5, 5.41) is 6.05. The number of carbonyl (C=O) groups is 2. The molecule has 36 heavy (non-hydrogen) atoms. The lowest BCUT2D eigenvalue weighted by atomic mass is 10.1. The minimum Gasteiger partial charge on any atom is -0.479 e. The first kappa shape index (κ1) is 25.1. The van der Waals surface area contributed by atoms with Gasteiger partial charge in [-0.2, -0.15) is 5.10 Å². The zero-order valence-electron chi connectivity index (χ0n) is 19.3. The smallest absolute Gasteiger partial charge is 0.346 e. The second kappa shape index (κ2) is 11.6. The lowest BCUT2D eigenvalue weighted by Gasteiger charge is -2.17. The van der Waals surface area contributed by atoms with Crippen LogP contribution in [-0.4, -0.2) is 24.2 Å². The third-order valence-corrected chi connectivity index (χ3v) is 6.15. The fourth-order valence-corrected chi connectivity index (χ4v) is 4.02. The van der Waals surface area contributed by atoms with Crippen molar-refractivity contribution in [2.75, 3.05) is 0 Å². The molecule has 0 aliphatic rings. The van der Waals surface area contributed by atoms with E-state index in [1.807, 2.05) is 43.3 Å². The van der Waals surface area contributed by atoms with Crippen molar-refractivity contribution < 1.29 is 23.5 Å². The van der Waals surface area contributed by atoms with Gasteiger partial charge in [0, 0.05) is 0 Å². The molecule has 4 aromatic carbocycles. The van der Waals surface area contributed by atoms with Crippen LogP contribution in [0.1, 0.15) is 29.3 Å². The van der Waals surface area contributed by atoms with Crippen LogP contribution >= 0.6 is 15.9 Å². The molecule has 0 saturated heterocycles. The van der Waals surface area contributed by atoms with E-state index >= 15 is 0 Å². The van der Waals surface area contributed by atoms with Gasteiger partial charge in [0.1, 0.15) is 17.3 Å². The zero-order valence-corrected chi connectivity index (χ0v) is 20.9. The molecule has 182 valence electrons. The Hall–Kier alpha value is -4.04. The molecule has 0 saturated carbocycles. The summed E-state index contributed by atoms with van der Waals surface area (Å²) in [6, 6.07) is 23.7. The molecule has 4 aromatic rings. The van der Waals surface area contributed by atoms with E-state index in [4.69, 9.17) is 9.47 Å². The van der Waals surface area contributed by atoms with Crippen molar-refractivity contribution >= 4 is 44.8 Å². The number of ether oxygens (including phenoxy) is 2. The quantitative estimate of drug-likeness (QED) is 0.122. The Balaban J connectivity index is 1.34. The van der Waals surface area contributed by atoms with Gasteiger partial charge in [-0.05, 0) is 81.2 Å². The first-order valence-electron chi connectivity index (χ1n) is 11.2. The highest BCUT2D eigenvalue weighted by Gasteiger charge is 2.20. The van der Waals surface area contributed by atoms with E-state index in [1.54, 1.807) is 30.3 Å². The van der Waals surface area contributed by atoms with Crippen LogP contribution in [0.15, 0.2) is 94.5 Å². The highest BCUT2D eigenvalue weighted by molar-refractivity contribution is 9.10. The second-order valence-electron chi connectivity index (χ2n) is 7.79. The van der Waals surface area contributed by atoms with E-state index < -0.39 is 17.9 Å². The summed E-state index contributed by atoms with van der Waals surface area (Å²) in [4.78, 5) is 24.8. The standard InChI is InChI=1S/C28H22BrFN2O4/c1-2-24(36-25-16-13-19-7-3-4-8-21(19)26(25)29)27(33)32-31-17-18-11-14-20(15-12-18)35-28(34)22-9-5-6-10-23(22)30/h3-17,24H,2H2,1H3,(H,32,33)/b31-17+. The minimum absolute atomic E-state index is 0.144. The molecule has 0 aromatic heterocycles. The molecular formula is C28H22BrFN2O4. The molecule has 0 heterocycles. The molecule has 1 atom stereocenters. The number of rotatable bonds is 8. The van der Waals surface area contributed by atoms with Crippen LogP contribution in [0.2, 0.25) is 0 Å². The number of carbonyl (C=O) groups excluding carboxylic acids is 2. The predicted octanol–water partition coefficient (Wildman–Crippen LogP) is 6.27. The van der Waals surface area contributed by atoms with E-state index in [0.717, 1.165) is 15.2 Å². The number of nitrogens with one attached hydrogen (secondary N) is 1. The molecule has 0 aliphatic carbocycles. The normalized spacial score (nSPS) is 11.9. The van der Waals surface area contributed by atoms with Gasteiger partial charge in [-0.25, -0.2) is 14.6 Å². The Morgan fingerprint density at radius 2 is 1.72 bits per heavy atom. The maximum absolute atomic E-state index is 13.7. The summed E-state index contributed by atoms with van der Waals surface area (Å²) in [6.07, 6.45) is 1.17. The van der Waals surface area contributed by atoms with Crippen LogP contribution < -0.4 is 14.9 Å². The van der Waals surface area contributed by atoms with Crippen molar-refractivity contribution in [3.8, 4) is 11.5 Å². The third-order valence-electron chi connectivity index (χ3n) is 5.33. The molecule has 1 N–H and O–H groups in total. The number of halogens is 2. The lowest BCUT2D eigenvalue weighted by molar-refractivity contribution is -0.128. The van der Waals surface area contributed by atoms with Gasteiger partial charge in [0.05, 0.1) is 16.3 Å². The maximum Gasteiger partial charge on any atom is 0.346 e. The Morgan fingerprint density at radius 3 is 2.47 bits per heavy atom. The van der Waals surface area contributed by atoms with Gasteiger partial charge in [0.25, 0.3) is 5.91 Å². The van der Waals surface area contributed by atoms with Gasteiger partial charge in [0.15, 0.2) is 6.10 Å². The Labute approximate surface area is 215 Å². The van der Waals surface area contributed by atoms with Crippen molar-refractivity contribution in [2.45, 2.75) is 19.4 Å². The van der Waals surface area contributed by atoms with Crippen LogP contribution in [0.5, 0.6) is 11.5 Å². The Morgan fingerprint density at radius 1 is 1.00 bits per heavy atom. The summed E-state index contributed by atoms with van der Waals surface area (Å²) in [5.74, 6) is -0.996. The molecule has 0 fully saturated rings. The Bertz CT molecular complexity index is 1420. The summed E-state index contributed by atoms with van der Waals surface area (Å²) in [6.45, 7) is 1.85. The molecule has 0 aliphatic heterocycles. The number of esters is 1. The van der Waals surface area contributed by atoms with E-state index in [0.29, 0.717) is 17.7 Å². The van der Waals surface area contributed by atoms with Crippen LogP contribution in [0, 0.1) is 5.82 Å². The third kappa shape index (κ3) is 5.95. The molecule has 8 heteroatoms. The van der Waals surface area contributed by atoms with Crippen molar-refractivity contribution in [1.82, 2.24) is 5.43 Å². The maximum atomic E-state index is 13.7. The first-order chi connectivity index (χ1) is 17.5. The number of hydrazone groups is 1. The van der Waals surface area contributed by atoms with E-state index in [1.165, 1.54) is 24.4 Å². The second-order valence-corrected chi connectivity index (χ2v) is 8.58. The van der Waals surface area contributed by atoms with Crippen molar-refractivity contribution in [1.29, 1.82) is 0 Å². The zero-order chi connectivity index (χ0) is 25.5. The summed E-state index contributed by atoms with van der Waals surface area (Å²) in [7, 11) is 0. The molecular weight excluding hydrogens is 527 g/mol. The molecule has 0 radical (unpaired) electrons. The molecule has 0 bridgehead atoms.